The monoisotopic (exact) mass is 401 g/mol. The quantitative estimate of drug-likeness (QED) is 0.843. The highest BCUT2D eigenvalue weighted by Gasteiger charge is 2.32. The molecule has 6 heteroatoms. The first-order valence-corrected chi connectivity index (χ1v) is 10.8. The van der Waals surface area contributed by atoms with Gasteiger partial charge in [0.2, 0.25) is 11.8 Å². The summed E-state index contributed by atoms with van der Waals surface area (Å²) in [4.78, 5) is 29.5. The van der Waals surface area contributed by atoms with Crippen molar-refractivity contribution in [2.75, 3.05) is 44.7 Å². The summed E-state index contributed by atoms with van der Waals surface area (Å²) < 4.78 is 5.34. The van der Waals surface area contributed by atoms with Crippen molar-refractivity contribution in [3.8, 4) is 0 Å². The van der Waals surface area contributed by atoms with Crippen molar-refractivity contribution in [1.82, 2.24) is 9.80 Å². The maximum Gasteiger partial charge on any atom is 0.241 e. The van der Waals surface area contributed by atoms with Crippen LogP contribution in [-0.2, 0) is 19.7 Å². The van der Waals surface area contributed by atoms with E-state index in [-0.39, 0.29) is 29.2 Å². The first-order valence-electron chi connectivity index (χ1n) is 10.8. The fourth-order valence-electron chi connectivity index (χ4n) is 4.04. The lowest BCUT2D eigenvalue weighted by Crippen LogP contribution is -2.50. The molecule has 6 nitrogen and oxygen atoms in total. The zero-order valence-electron chi connectivity index (χ0n) is 18.2. The van der Waals surface area contributed by atoms with Crippen molar-refractivity contribution in [3.05, 3.63) is 29.8 Å². The second kappa shape index (κ2) is 9.26. The summed E-state index contributed by atoms with van der Waals surface area (Å²) in [5.74, 6) is 0.333. The molecule has 1 unspecified atom stereocenters. The number of likely N-dealkylation sites (tertiary alicyclic amines) is 1. The Labute approximate surface area is 174 Å². The van der Waals surface area contributed by atoms with E-state index in [1.54, 1.807) is 0 Å². The number of nitrogens with one attached hydrogen (secondary N) is 1. The van der Waals surface area contributed by atoms with Crippen molar-refractivity contribution in [2.24, 2.45) is 5.92 Å². The Morgan fingerprint density at radius 2 is 1.62 bits per heavy atom. The minimum Gasteiger partial charge on any atom is -0.378 e. The number of carbonyl (C=O) groups is 2. The number of hydrogen-bond acceptors (Lipinski definition) is 4. The van der Waals surface area contributed by atoms with Crippen LogP contribution in [0, 0.1) is 5.92 Å². The number of ether oxygens (including phenoxy) is 1. The van der Waals surface area contributed by atoms with E-state index < -0.39 is 0 Å². The SMILES string of the molecule is CC(C(=O)Nc1ccc(C(C)(C)C)cc1)N1CCC(C(=O)N2CCOCC2)CC1. The number of nitrogens with zero attached hydrogens (tertiary/aromatic N) is 2. The molecule has 0 aliphatic carbocycles. The summed E-state index contributed by atoms with van der Waals surface area (Å²) in [5, 5.41) is 3.03. The Kier molecular flexibility index (Phi) is 6.96. The molecule has 29 heavy (non-hydrogen) atoms. The van der Waals surface area contributed by atoms with Gasteiger partial charge < -0.3 is 15.0 Å². The van der Waals surface area contributed by atoms with Crippen molar-refractivity contribution >= 4 is 17.5 Å². The second-order valence-electron chi connectivity index (χ2n) is 9.24. The highest BCUT2D eigenvalue weighted by Crippen LogP contribution is 2.25. The molecule has 1 N–H and O–H groups in total. The van der Waals surface area contributed by atoms with Crippen LogP contribution in [0.2, 0.25) is 0 Å². The van der Waals surface area contributed by atoms with Crippen LogP contribution in [0.3, 0.4) is 0 Å². The molecule has 1 aromatic carbocycles. The Balaban J connectivity index is 1.49. The highest BCUT2D eigenvalue weighted by molar-refractivity contribution is 5.94. The van der Waals surface area contributed by atoms with Crippen LogP contribution in [0.15, 0.2) is 24.3 Å². The van der Waals surface area contributed by atoms with Gasteiger partial charge in [0.1, 0.15) is 0 Å². The maximum atomic E-state index is 12.7. The smallest absolute Gasteiger partial charge is 0.241 e. The van der Waals surface area contributed by atoms with E-state index in [2.05, 4.69) is 43.1 Å². The first kappa shape index (κ1) is 21.8. The molecule has 1 aromatic rings. The number of rotatable bonds is 4. The normalized spacial score (nSPS) is 20.3. The van der Waals surface area contributed by atoms with E-state index >= 15 is 0 Å². The number of carbonyl (C=O) groups excluding carboxylic acids is 2. The summed E-state index contributed by atoms with van der Waals surface area (Å²) in [5.41, 5.74) is 2.17. The van der Waals surface area contributed by atoms with E-state index in [0.29, 0.717) is 26.3 Å². The Morgan fingerprint density at radius 3 is 2.17 bits per heavy atom. The number of amides is 2. The van der Waals surface area contributed by atoms with Crippen molar-refractivity contribution in [1.29, 1.82) is 0 Å². The Morgan fingerprint density at radius 1 is 1.03 bits per heavy atom. The first-order chi connectivity index (χ1) is 13.8. The minimum absolute atomic E-state index is 0.00599. The van der Waals surface area contributed by atoms with Crippen molar-refractivity contribution in [2.45, 2.75) is 52.0 Å². The fraction of sp³-hybridized carbons (Fsp3) is 0.652. The molecule has 0 bridgehead atoms. The summed E-state index contributed by atoms with van der Waals surface area (Å²) >= 11 is 0. The number of hydrogen-bond donors (Lipinski definition) is 1. The third kappa shape index (κ3) is 5.58. The molecule has 0 radical (unpaired) electrons. The lowest BCUT2D eigenvalue weighted by Gasteiger charge is -2.37. The maximum absolute atomic E-state index is 12.7. The van der Waals surface area contributed by atoms with Crippen LogP contribution < -0.4 is 5.32 Å². The number of anilines is 1. The Hall–Kier alpha value is -1.92. The van der Waals surface area contributed by atoms with Crippen LogP contribution in [0.5, 0.6) is 0 Å². The molecule has 160 valence electrons. The van der Waals surface area contributed by atoms with Gasteiger partial charge in [-0.25, -0.2) is 0 Å². The number of piperidine rings is 1. The van der Waals surface area contributed by atoms with Gasteiger partial charge in [-0.2, -0.15) is 0 Å². The van der Waals surface area contributed by atoms with Crippen LogP contribution in [-0.4, -0.2) is 67.0 Å². The molecule has 2 fully saturated rings. The average molecular weight is 402 g/mol. The van der Waals surface area contributed by atoms with Gasteiger partial charge in [-0.1, -0.05) is 32.9 Å². The fourth-order valence-corrected chi connectivity index (χ4v) is 4.04. The van der Waals surface area contributed by atoms with Gasteiger partial charge in [0.25, 0.3) is 0 Å². The average Bonchev–Trinajstić information content (AvgIpc) is 2.73. The van der Waals surface area contributed by atoms with E-state index in [1.165, 1.54) is 5.56 Å². The van der Waals surface area contributed by atoms with Crippen LogP contribution in [0.1, 0.15) is 46.1 Å². The minimum atomic E-state index is -0.211. The van der Waals surface area contributed by atoms with Crippen LogP contribution in [0.4, 0.5) is 5.69 Å². The van der Waals surface area contributed by atoms with Crippen LogP contribution >= 0.6 is 0 Å². The molecule has 2 aliphatic rings. The molecule has 1 atom stereocenters. The second-order valence-corrected chi connectivity index (χ2v) is 9.24. The number of morpholine rings is 1. The molecule has 2 heterocycles. The van der Waals surface area contributed by atoms with Crippen LogP contribution in [0.25, 0.3) is 0 Å². The predicted octanol–water partition coefficient (Wildman–Crippen LogP) is 2.88. The molecule has 2 amide bonds. The molecular formula is C23H35N3O3. The third-order valence-corrected chi connectivity index (χ3v) is 6.15. The van der Waals surface area contributed by atoms with Crippen molar-refractivity contribution < 1.29 is 14.3 Å². The molecule has 3 rings (SSSR count). The van der Waals surface area contributed by atoms with E-state index in [1.807, 2.05) is 24.0 Å². The molecule has 2 saturated heterocycles. The lowest BCUT2D eigenvalue weighted by molar-refractivity contribution is -0.141. The highest BCUT2D eigenvalue weighted by atomic mass is 16.5. The molecule has 0 saturated carbocycles. The van der Waals surface area contributed by atoms with Gasteiger partial charge in [0.05, 0.1) is 19.3 Å². The van der Waals surface area contributed by atoms with E-state index in [4.69, 9.17) is 4.74 Å². The standard InChI is InChI=1S/C23H35N3O3/c1-17(21(27)24-20-7-5-19(6-8-20)23(2,3)4)25-11-9-18(10-12-25)22(28)26-13-15-29-16-14-26/h5-8,17-18H,9-16H2,1-4H3,(H,24,27). The molecular weight excluding hydrogens is 366 g/mol. The summed E-state index contributed by atoms with van der Waals surface area (Å²) in [7, 11) is 0. The predicted molar refractivity (Wildman–Crippen MR) is 115 cm³/mol. The summed E-state index contributed by atoms with van der Waals surface area (Å²) in [6.45, 7) is 12.7. The zero-order valence-corrected chi connectivity index (χ0v) is 18.2. The topological polar surface area (TPSA) is 61.9 Å². The van der Waals surface area contributed by atoms with Gasteiger partial charge in [0.15, 0.2) is 0 Å². The summed E-state index contributed by atoms with van der Waals surface area (Å²) in [6, 6.07) is 7.87. The zero-order chi connectivity index (χ0) is 21.0. The molecule has 0 spiro atoms. The van der Waals surface area contributed by atoms with E-state index in [9.17, 15) is 9.59 Å². The van der Waals surface area contributed by atoms with Crippen molar-refractivity contribution in [3.63, 3.8) is 0 Å². The lowest BCUT2D eigenvalue weighted by atomic mass is 9.87. The summed E-state index contributed by atoms with van der Waals surface area (Å²) in [6.07, 6.45) is 1.63. The molecule has 2 aliphatic heterocycles. The van der Waals surface area contributed by atoms with Gasteiger partial charge in [0, 0.05) is 24.7 Å². The van der Waals surface area contributed by atoms with E-state index in [0.717, 1.165) is 31.6 Å². The van der Waals surface area contributed by atoms with Gasteiger partial charge in [-0.3, -0.25) is 14.5 Å². The molecule has 0 aromatic heterocycles. The van der Waals surface area contributed by atoms with Gasteiger partial charge in [-0.05, 0) is 56.0 Å². The Bertz CT molecular complexity index is 697. The largest absolute Gasteiger partial charge is 0.378 e. The van der Waals surface area contributed by atoms with Gasteiger partial charge in [-0.15, -0.1) is 0 Å². The number of benzene rings is 1. The van der Waals surface area contributed by atoms with Gasteiger partial charge >= 0.3 is 0 Å². The third-order valence-electron chi connectivity index (χ3n) is 6.15.